The van der Waals surface area contributed by atoms with Gasteiger partial charge in [0.1, 0.15) is 0 Å². The van der Waals surface area contributed by atoms with Gasteiger partial charge in [0.15, 0.2) is 5.65 Å². The Labute approximate surface area is 192 Å². The number of nitrogens with zero attached hydrogens (tertiary/aromatic N) is 3. The molecule has 1 aromatic carbocycles. The highest BCUT2D eigenvalue weighted by atomic mass is 32.2. The number of carbonyl (C=O) groups is 1. The minimum absolute atomic E-state index is 0.0527. The highest BCUT2D eigenvalue weighted by molar-refractivity contribution is 7.89. The van der Waals surface area contributed by atoms with Gasteiger partial charge in [-0.2, -0.15) is 5.10 Å². The summed E-state index contributed by atoms with van der Waals surface area (Å²) < 4.78 is 30.4. The van der Waals surface area contributed by atoms with Crippen LogP contribution in [0, 0.1) is 0 Å². The van der Waals surface area contributed by atoms with Crippen molar-refractivity contribution in [1.82, 2.24) is 20.1 Å². The molecular weight excluding hydrogens is 444 g/mol. The number of hydrogen-bond acceptors (Lipinski definition) is 7. The van der Waals surface area contributed by atoms with Gasteiger partial charge < -0.3 is 15.4 Å². The van der Waals surface area contributed by atoms with Gasteiger partial charge in [0.2, 0.25) is 10.0 Å². The fourth-order valence-corrected chi connectivity index (χ4v) is 4.51. The van der Waals surface area contributed by atoms with Crippen LogP contribution in [0.25, 0.3) is 11.0 Å². The summed E-state index contributed by atoms with van der Waals surface area (Å²) >= 11 is 0. The minimum Gasteiger partial charge on any atom is -0.381 e. The van der Waals surface area contributed by atoms with Gasteiger partial charge in [0, 0.05) is 38.5 Å². The highest BCUT2D eigenvalue weighted by Gasteiger charge is 2.22. The van der Waals surface area contributed by atoms with Crippen LogP contribution in [0.4, 0.5) is 5.69 Å². The van der Waals surface area contributed by atoms with Crippen LogP contribution < -0.4 is 15.8 Å². The zero-order valence-corrected chi connectivity index (χ0v) is 19.3. The van der Waals surface area contributed by atoms with Crippen molar-refractivity contribution in [2.75, 3.05) is 25.1 Å². The second-order valence-electron chi connectivity index (χ2n) is 7.97. The first-order valence-electron chi connectivity index (χ1n) is 11.0. The number of hydrogen-bond donors (Lipinski definition) is 3. The monoisotopic (exact) mass is 472 g/mol. The van der Waals surface area contributed by atoms with Crippen LogP contribution in [0.5, 0.6) is 0 Å². The average Bonchev–Trinajstić information content (AvgIpc) is 3.23. The van der Waals surface area contributed by atoms with E-state index in [4.69, 9.17) is 9.88 Å². The third-order valence-electron chi connectivity index (χ3n) is 5.71. The van der Waals surface area contributed by atoms with E-state index < -0.39 is 10.0 Å². The Morgan fingerprint density at radius 3 is 2.79 bits per heavy atom. The SMILES string of the molecule is CCn1ncc2c(NC3CCOCC3)c(C(=O)NCCc3cccc(S(N)(=O)=O)c3)cnc21. The van der Waals surface area contributed by atoms with E-state index in [1.54, 1.807) is 29.2 Å². The molecule has 1 saturated heterocycles. The molecule has 1 fully saturated rings. The molecule has 11 heteroatoms. The van der Waals surface area contributed by atoms with Gasteiger partial charge in [0.25, 0.3) is 5.91 Å². The largest absolute Gasteiger partial charge is 0.381 e. The number of ether oxygens (including phenoxy) is 1. The maximum Gasteiger partial charge on any atom is 0.254 e. The van der Waals surface area contributed by atoms with Gasteiger partial charge in [-0.25, -0.2) is 23.2 Å². The van der Waals surface area contributed by atoms with Gasteiger partial charge in [-0.15, -0.1) is 0 Å². The maximum absolute atomic E-state index is 13.1. The number of sulfonamides is 1. The predicted molar refractivity (Wildman–Crippen MR) is 125 cm³/mol. The number of rotatable bonds is 8. The van der Waals surface area contributed by atoms with Gasteiger partial charge >= 0.3 is 0 Å². The molecule has 1 aliphatic heterocycles. The van der Waals surface area contributed by atoms with Gasteiger partial charge in [-0.3, -0.25) is 4.79 Å². The summed E-state index contributed by atoms with van der Waals surface area (Å²) in [6, 6.07) is 6.60. The van der Waals surface area contributed by atoms with E-state index in [2.05, 4.69) is 20.7 Å². The zero-order valence-electron chi connectivity index (χ0n) is 18.5. The van der Waals surface area contributed by atoms with E-state index in [1.165, 1.54) is 12.1 Å². The number of aromatic nitrogens is 3. The van der Waals surface area contributed by atoms with Gasteiger partial charge in [-0.1, -0.05) is 12.1 Å². The number of nitrogens with two attached hydrogens (primary N) is 1. The number of fused-ring (bicyclic) bond motifs is 1. The molecule has 0 spiro atoms. The van der Waals surface area contributed by atoms with Crippen molar-refractivity contribution in [3.05, 3.63) is 47.8 Å². The molecule has 10 nitrogen and oxygen atoms in total. The number of aryl methyl sites for hydroxylation is 1. The first kappa shape index (κ1) is 23.1. The lowest BCUT2D eigenvalue weighted by Gasteiger charge is -2.25. The summed E-state index contributed by atoms with van der Waals surface area (Å²) in [5.74, 6) is -0.259. The van der Waals surface area contributed by atoms with Crippen LogP contribution in [0.2, 0.25) is 0 Å². The number of anilines is 1. The Bertz CT molecular complexity index is 1250. The standard InChI is InChI=1S/C22H28N6O4S/c1-2-28-21-18(14-26-28)20(27-16-7-10-32-11-8-16)19(13-25-21)22(29)24-9-6-15-4-3-5-17(12-15)33(23,30)31/h3-5,12-14,16H,2,6-11H2,1H3,(H,24,29)(H,25,27)(H2,23,30,31). The topological polar surface area (TPSA) is 141 Å². The Balaban J connectivity index is 1.53. The molecule has 3 aromatic rings. The van der Waals surface area contributed by atoms with Crippen molar-refractivity contribution in [1.29, 1.82) is 0 Å². The lowest BCUT2D eigenvalue weighted by Crippen LogP contribution is -2.31. The summed E-state index contributed by atoms with van der Waals surface area (Å²) in [4.78, 5) is 17.6. The predicted octanol–water partition coefficient (Wildman–Crippen LogP) is 1.66. The van der Waals surface area contributed by atoms with Gasteiger partial charge in [0.05, 0.1) is 27.7 Å². The summed E-state index contributed by atoms with van der Waals surface area (Å²) in [7, 11) is -3.77. The Kier molecular flexibility index (Phi) is 6.91. The Morgan fingerprint density at radius 1 is 1.27 bits per heavy atom. The molecule has 0 atom stereocenters. The summed E-state index contributed by atoms with van der Waals surface area (Å²) in [6.07, 6.45) is 5.49. The van der Waals surface area contributed by atoms with E-state index in [9.17, 15) is 13.2 Å². The molecule has 0 aliphatic carbocycles. The Morgan fingerprint density at radius 2 is 2.06 bits per heavy atom. The van der Waals surface area contributed by atoms with Crippen LogP contribution in [-0.4, -0.2) is 54.9 Å². The van der Waals surface area contributed by atoms with Crippen LogP contribution in [0.15, 0.2) is 41.6 Å². The minimum atomic E-state index is -3.77. The third-order valence-corrected chi connectivity index (χ3v) is 6.62. The van der Waals surface area contributed by atoms with Crippen molar-refractivity contribution >= 4 is 32.7 Å². The summed E-state index contributed by atoms with van der Waals surface area (Å²) in [5, 5.41) is 16.8. The van der Waals surface area contributed by atoms with Crippen molar-refractivity contribution in [3.63, 3.8) is 0 Å². The lowest BCUT2D eigenvalue weighted by molar-refractivity contribution is 0.0904. The normalized spacial score (nSPS) is 15.0. The third kappa shape index (κ3) is 5.32. The van der Waals surface area contributed by atoms with Crippen LogP contribution >= 0.6 is 0 Å². The van der Waals surface area contributed by atoms with Crippen molar-refractivity contribution in [3.8, 4) is 0 Å². The quantitative estimate of drug-likeness (QED) is 0.453. The molecule has 0 unspecified atom stereocenters. The number of nitrogens with one attached hydrogen (secondary N) is 2. The molecule has 176 valence electrons. The molecule has 33 heavy (non-hydrogen) atoms. The first-order valence-corrected chi connectivity index (χ1v) is 12.5. The molecule has 1 amide bonds. The lowest BCUT2D eigenvalue weighted by atomic mass is 10.1. The van der Waals surface area contributed by atoms with Crippen LogP contribution in [-0.2, 0) is 27.7 Å². The van der Waals surface area contributed by atoms with Crippen molar-refractivity contribution in [2.45, 2.75) is 43.7 Å². The van der Waals surface area contributed by atoms with E-state index in [0.717, 1.165) is 35.1 Å². The number of benzene rings is 1. The molecule has 0 radical (unpaired) electrons. The van der Waals surface area contributed by atoms with Gasteiger partial charge in [-0.05, 0) is 43.9 Å². The van der Waals surface area contributed by atoms with Crippen molar-refractivity contribution in [2.24, 2.45) is 5.14 Å². The number of carbonyl (C=O) groups excluding carboxylic acids is 1. The second-order valence-corrected chi connectivity index (χ2v) is 9.54. The molecular formula is C22H28N6O4S. The first-order chi connectivity index (χ1) is 15.9. The maximum atomic E-state index is 13.1. The smallest absolute Gasteiger partial charge is 0.254 e. The summed E-state index contributed by atoms with van der Waals surface area (Å²) in [6.45, 7) is 4.36. The Hall–Kier alpha value is -3.02. The van der Waals surface area contributed by atoms with Crippen LogP contribution in [0.1, 0.15) is 35.7 Å². The zero-order chi connectivity index (χ0) is 23.4. The molecule has 0 saturated carbocycles. The molecule has 1 aliphatic rings. The number of amides is 1. The van der Waals surface area contributed by atoms with Crippen LogP contribution in [0.3, 0.4) is 0 Å². The molecule has 4 N–H and O–H groups in total. The molecule has 3 heterocycles. The van der Waals surface area contributed by atoms with E-state index in [-0.39, 0.29) is 16.8 Å². The summed E-state index contributed by atoms with van der Waals surface area (Å²) in [5.41, 5.74) is 2.66. The van der Waals surface area contributed by atoms with E-state index >= 15 is 0 Å². The fraction of sp³-hybridized carbons (Fsp3) is 0.409. The average molecular weight is 473 g/mol. The molecule has 2 aromatic heterocycles. The highest BCUT2D eigenvalue weighted by Crippen LogP contribution is 2.28. The number of pyridine rings is 1. The molecule has 4 rings (SSSR count). The van der Waals surface area contributed by atoms with Crippen molar-refractivity contribution < 1.29 is 17.9 Å². The van der Waals surface area contributed by atoms with E-state index in [1.807, 2.05) is 6.92 Å². The van der Waals surface area contributed by atoms with E-state index in [0.29, 0.717) is 38.3 Å². The second kappa shape index (κ2) is 9.86. The number of primary sulfonamides is 1. The molecule has 0 bridgehead atoms. The fourth-order valence-electron chi connectivity index (χ4n) is 3.93.